The molecule has 0 radical (unpaired) electrons. The van der Waals surface area contributed by atoms with Crippen molar-refractivity contribution in [2.45, 2.75) is 12.1 Å². The Morgan fingerprint density at radius 3 is 2.81 bits per heavy atom. The van der Waals surface area contributed by atoms with Crippen molar-refractivity contribution in [1.29, 1.82) is 0 Å². The third-order valence-electron chi connectivity index (χ3n) is 3.24. The Morgan fingerprint density at radius 1 is 1.33 bits per heavy atom. The number of hydrogen-bond acceptors (Lipinski definition) is 8. The number of carbonyl (C=O) groups is 1. The highest BCUT2D eigenvalue weighted by atomic mass is 32.2. The molecule has 27 heavy (non-hydrogen) atoms. The average Bonchev–Trinajstić information content (AvgIpc) is 3.21. The first kappa shape index (κ1) is 18.5. The Balaban J connectivity index is 1.51. The Hall–Kier alpha value is -3.34. The molecule has 1 aromatic carbocycles. The summed E-state index contributed by atoms with van der Waals surface area (Å²) in [6.45, 7) is 1.83. The van der Waals surface area contributed by atoms with Gasteiger partial charge in [-0.3, -0.25) is 4.79 Å². The zero-order chi connectivity index (χ0) is 19.2. The summed E-state index contributed by atoms with van der Waals surface area (Å²) in [4.78, 5) is 11.9. The van der Waals surface area contributed by atoms with Crippen LogP contribution < -0.4 is 16.6 Å². The van der Waals surface area contributed by atoms with Gasteiger partial charge in [0.2, 0.25) is 11.1 Å². The number of nitrogens with zero attached hydrogens (tertiary/aromatic N) is 4. The second kappa shape index (κ2) is 8.36. The van der Waals surface area contributed by atoms with Crippen LogP contribution in [-0.2, 0) is 4.79 Å². The molecule has 0 aliphatic heterocycles. The minimum absolute atomic E-state index is 0.0572. The molecule has 0 fully saturated rings. The molecule has 0 bridgehead atoms. The van der Waals surface area contributed by atoms with Crippen LogP contribution in [0.25, 0.3) is 0 Å². The molecule has 2 heterocycles. The highest BCUT2D eigenvalue weighted by molar-refractivity contribution is 7.99. The molecule has 140 valence electrons. The van der Waals surface area contributed by atoms with Crippen molar-refractivity contribution in [3.05, 3.63) is 53.7 Å². The molecular weight excluding hydrogens is 373 g/mol. The SMILES string of the molecule is Cc1ccc(/C=N/Nc2nnc(SCC(=O)Nc3ccc(F)cc3)n2N)o1. The molecule has 3 rings (SSSR count). The fourth-order valence-corrected chi connectivity index (χ4v) is 2.65. The Kier molecular flexibility index (Phi) is 5.71. The third-order valence-corrected chi connectivity index (χ3v) is 4.19. The number of hydrazone groups is 1. The van der Waals surface area contributed by atoms with Crippen LogP contribution in [0, 0.1) is 12.7 Å². The molecule has 0 aliphatic carbocycles. The number of hydrogen-bond donors (Lipinski definition) is 3. The maximum Gasteiger partial charge on any atom is 0.264 e. The first-order chi connectivity index (χ1) is 13.0. The van der Waals surface area contributed by atoms with Gasteiger partial charge in [0.05, 0.1) is 12.0 Å². The molecule has 0 saturated carbocycles. The van der Waals surface area contributed by atoms with E-state index in [0.717, 1.165) is 17.5 Å². The number of nitrogen functional groups attached to an aromatic ring is 1. The van der Waals surface area contributed by atoms with E-state index in [-0.39, 0.29) is 23.4 Å². The topological polar surface area (TPSA) is 123 Å². The summed E-state index contributed by atoms with van der Waals surface area (Å²) in [7, 11) is 0. The van der Waals surface area contributed by atoms with Gasteiger partial charge in [0.15, 0.2) is 0 Å². The van der Waals surface area contributed by atoms with Gasteiger partial charge in [-0.1, -0.05) is 11.8 Å². The number of nitrogens with two attached hydrogens (primary N) is 1. The predicted octanol–water partition coefficient (Wildman–Crippen LogP) is 2.21. The summed E-state index contributed by atoms with van der Waals surface area (Å²) in [5.41, 5.74) is 3.15. The van der Waals surface area contributed by atoms with Crippen LogP contribution in [0.15, 0.2) is 51.1 Å². The van der Waals surface area contributed by atoms with Gasteiger partial charge in [-0.05, 0) is 43.3 Å². The maximum absolute atomic E-state index is 12.9. The monoisotopic (exact) mass is 389 g/mol. The van der Waals surface area contributed by atoms with Gasteiger partial charge in [0.1, 0.15) is 17.3 Å². The zero-order valence-corrected chi connectivity index (χ0v) is 15.0. The Bertz CT molecular complexity index is 952. The number of aromatic nitrogens is 3. The summed E-state index contributed by atoms with van der Waals surface area (Å²) in [5, 5.41) is 14.7. The van der Waals surface area contributed by atoms with Crippen LogP contribution >= 0.6 is 11.8 Å². The number of thioether (sulfide) groups is 1. The zero-order valence-electron chi connectivity index (χ0n) is 14.2. The standard InChI is InChI=1S/C16H16FN7O2S/c1-10-2-7-13(26-10)8-19-21-15-22-23-16(24(15)18)27-9-14(25)20-12-5-3-11(17)4-6-12/h2-8H,9,18H2,1H3,(H,20,25)(H,21,22)/b19-8+. The van der Waals surface area contributed by atoms with Crippen molar-refractivity contribution in [3.8, 4) is 0 Å². The van der Waals surface area contributed by atoms with E-state index in [9.17, 15) is 9.18 Å². The Labute approximate surface area is 157 Å². The molecule has 11 heteroatoms. The normalized spacial score (nSPS) is 11.0. The van der Waals surface area contributed by atoms with Gasteiger partial charge in [-0.15, -0.1) is 10.2 Å². The van der Waals surface area contributed by atoms with Gasteiger partial charge in [-0.2, -0.15) is 5.10 Å². The van der Waals surface area contributed by atoms with Crippen LogP contribution in [0.5, 0.6) is 0 Å². The molecule has 1 amide bonds. The van der Waals surface area contributed by atoms with E-state index in [2.05, 4.69) is 26.0 Å². The Morgan fingerprint density at radius 2 is 2.11 bits per heavy atom. The first-order valence-corrected chi connectivity index (χ1v) is 8.74. The van der Waals surface area contributed by atoms with Crippen molar-refractivity contribution < 1.29 is 13.6 Å². The third kappa shape index (κ3) is 5.07. The smallest absolute Gasteiger partial charge is 0.264 e. The first-order valence-electron chi connectivity index (χ1n) is 7.75. The van der Waals surface area contributed by atoms with E-state index in [1.54, 1.807) is 6.07 Å². The highest BCUT2D eigenvalue weighted by Crippen LogP contribution is 2.17. The number of nitrogens with one attached hydrogen (secondary N) is 2. The summed E-state index contributed by atoms with van der Waals surface area (Å²) < 4.78 is 19.4. The van der Waals surface area contributed by atoms with Crippen LogP contribution in [0.2, 0.25) is 0 Å². The number of furan rings is 1. The number of halogens is 1. The molecule has 2 aromatic heterocycles. The lowest BCUT2D eigenvalue weighted by Crippen LogP contribution is -2.16. The number of carbonyl (C=O) groups excluding carboxylic acids is 1. The van der Waals surface area contributed by atoms with Crippen molar-refractivity contribution in [2.75, 3.05) is 22.3 Å². The fraction of sp³-hybridized carbons (Fsp3) is 0.125. The minimum Gasteiger partial charge on any atom is -0.460 e. The van der Waals surface area contributed by atoms with Gasteiger partial charge in [-0.25, -0.2) is 14.5 Å². The van der Waals surface area contributed by atoms with Crippen molar-refractivity contribution in [2.24, 2.45) is 5.10 Å². The number of anilines is 2. The lowest BCUT2D eigenvalue weighted by molar-refractivity contribution is -0.113. The number of amides is 1. The van der Waals surface area contributed by atoms with Crippen molar-refractivity contribution >= 4 is 35.5 Å². The van der Waals surface area contributed by atoms with E-state index in [1.165, 1.54) is 35.2 Å². The van der Waals surface area contributed by atoms with E-state index in [4.69, 9.17) is 10.3 Å². The summed E-state index contributed by atoms with van der Waals surface area (Å²) >= 11 is 1.10. The molecular formula is C16H16FN7O2S. The number of aryl methyl sites for hydroxylation is 1. The van der Waals surface area contributed by atoms with Crippen LogP contribution in [-0.4, -0.2) is 32.7 Å². The van der Waals surface area contributed by atoms with Crippen molar-refractivity contribution in [1.82, 2.24) is 14.9 Å². The molecule has 3 aromatic rings. The highest BCUT2D eigenvalue weighted by Gasteiger charge is 2.12. The molecule has 0 spiro atoms. The summed E-state index contributed by atoms with van der Waals surface area (Å²) in [6.07, 6.45) is 1.48. The maximum atomic E-state index is 12.9. The van der Waals surface area contributed by atoms with Crippen LogP contribution in [0.4, 0.5) is 16.0 Å². The van der Waals surface area contributed by atoms with Crippen LogP contribution in [0.1, 0.15) is 11.5 Å². The molecule has 0 atom stereocenters. The van der Waals surface area contributed by atoms with E-state index < -0.39 is 0 Å². The van der Waals surface area contributed by atoms with Crippen molar-refractivity contribution in [3.63, 3.8) is 0 Å². The molecule has 0 aliphatic rings. The lowest BCUT2D eigenvalue weighted by atomic mass is 10.3. The average molecular weight is 389 g/mol. The number of benzene rings is 1. The number of rotatable bonds is 7. The van der Waals surface area contributed by atoms with E-state index >= 15 is 0 Å². The second-order valence-corrected chi connectivity index (χ2v) is 6.28. The van der Waals surface area contributed by atoms with Gasteiger partial charge >= 0.3 is 0 Å². The minimum atomic E-state index is -0.372. The van der Waals surface area contributed by atoms with Crippen LogP contribution in [0.3, 0.4) is 0 Å². The summed E-state index contributed by atoms with van der Waals surface area (Å²) in [5.74, 6) is 6.84. The van der Waals surface area contributed by atoms with Gasteiger partial charge < -0.3 is 15.6 Å². The van der Waals surface area contributed by atoms with E-state index in [0.29, 0.717) is 16.6 Å². The summed E-state index contributed by atoms with van der Waals surface area (Å²) in [6, 6.07) is 9.07. The predicted molar refractivity (Wildman–Crippen MR) is 101 cm³/mol. The molecule has 9 nitrogen and oxygen atoms in total. The lowest BCUT2D eigenvalue weighted by Gasteiger charge is -2.05. The van der Waals surface area contributed by atoms with Gasteiger partial charge in [0.25, 0.3) is 5.95 Å². The van der Waals surface area contributed by atoms with Gasteiger partial charge in [0, 0.05) is 5.69 Å². The quantitative estimate of drug-likeness (QED) is 0.245. The van der Waals surface area contributed by atoms with E-state index in [1.807, 2.05) is 13.0 Å². The molecule has 4 N–H and O–H groups in total. The molecule has 0 saturated heterocycles. The fourth-order valence-electron chi connectivity index (χ4n) is 1.99. The largest absolute Gasteiger partial charge is 0.460 e. The second-order valence-electron chi connectivity index (χ2n) is 5.34. The molecule has 0 unspecified atom stereocenters.